The first-order valence-corrected chi connectivity index (χ1v) is 6.60. The molecule has 0 fully saturated rings. The van der Waals surface area contributed by atoms with Crippen molar-refractivity contribution in [2.45, 2.75) is 6.92 Å². The zero-order chi connectivity index (χ0) is 14.0. The van der Waals surface area contributed by atoms with Gasteiger partial charge in [-0.25, -0.2) is 0 Å². The Balaban J connectivity index is 2.32. The van der Waals surface area contributed by atoms with Crippen LogP contribution in [-0.4, -0.2) is 21.1 Å². The SMILES string of the molecule is Cc1[nH]ncc1C(=O)Nc1ccc(Br)cc1C(N)=S. The van der Waals surface area contributed by atoms with E-state index in [0.29, 0.717) is 22.5 Å². The van der Waals surface area contributed by atoms with Crippen molar-refractivity contribution < 1.29 is 4.79 Å². The van der Waals surface area contributed by atoms with Crippen molar-refractivity contribution in [3.63, 3.8) is 0 Å². The predicted molar refractivity (Wildman–Crippen MR) is 81.3 cm³/mol. The predicted octanol–water partition coefficient (Wildman–Crippen LogP) is 2.37. The average molecular weight is 339 g/mol. The number of thiocarbonyl (C=S) groups is 1. The second kappa shape index (κ2) is 5.50. The molecule has 1 amide bonds. The minimum atomic E-state index is -0.258. The van der Waals surface area contributed by atoms with E-state index in [-0.39, 0.29) is 10.9 Å². The van der Waals surface area contributed by atoms with E-state index in [9.17, 15) is 4.79 Å². The summed E-state index contributed by atoms with van der Waals surface area (Å²) in [6.07, 6.45) is 1.48. The molecule has 0 bridgehead atoms. The van der Waals surface area contributed by atoms with Gasteiger partial charge in [-0.2, -0.15) is 5.10 Å². The number of carbonyl (C=O) groups excluding carboxylic acids is 1. The van der Waals surface area contributed by atoms with E-state index in [1.165, 1.54) is 6.20 Å². The third-order valence-corrected chi connectivity index (χ3v) is 3.28. The summed E-state index contributed by atoms with van der Waals surface area (Å²) in [6, 6.07) is 5.31. The van der Waals surface area contributed by atoms with E-state index < -0.39 is 0 Å². The highest BCUT2D eigenvalue weighted by Gasteiger charge is 2.14. The molecule has 0 radical (unpaired) electrons. The first-order valence-electron chi connectivity index (χ1n) is 5.39. The summed E-state index contributed by atoms with van der Waals surface area (Å²) in [6.45, 7) is 1.78. The molecule has 0 aliphatic carbocycles. The molecule has 0 spiro atoms. The summed E-state index contributed by atoms with van der Waals surface area (Å²) in [7, 11) is 0. The Hall–Kier alpha value is -1.73. The van der Waals surface area contributed by atoms with Crippen molar-refractivity contribution in [2.75, 3.05) is 5.32 Å². The lowest BCUT2D eigenvalue weighted by atomic mass is 10.1. The molecule has 2 rings (SSSR count). The van der Waals surface area contributed by atoms with Crippen LogP contribution in [0.2, 0.25) is 0 Å². The van der Waals surface area contributed by atoms with E-state index in [4.69, 9.17) is 18.0 Å². The third kappa shape index (κ3) is 2.99. The molecule has 1 aromatic heterocycles. The average Bonchev–Trinajstić information content (AvgIpc) is 2.77. The van der Waals surface area contributed by atoms with Crippen LogP contribution in [0.1, 0.15) is 21.6 Å². The Morgan fingerprint density at radius 3 is 2.79 bits per heavy atom. The smallest absolute Gasteiger partial charge is 0.259 e. The highest BCUT2D eigenvalue weighted by Crippen LogP contribution is 2.22. The molecule has 4 N–H and O–H groups in total. The first-order chi connectivity index (χ1) is 8.99. The molecular weight excluding hydrogens is 328 g/mol. The van der Waals surface area contributed by atoms with Gasteiger partial charge in [0.25, 0.3) is 5.91 Å². The molecule has 7 heteroatoms. The molecule has 0 atom stereocenters. The van der Waals surface area contributed by atoms with E-state index in [1.54, 1.807) is 25.1 Å². The molecule has 0 aliphatic heterocycles. The maximum Gasteiger partial charge on any atom is 0.259 e. The lowest BCUT2D eigenvalue weighted by Gasteiger charge is -2.10. The van der Waals surface area contributed by atoms with Gasteiger partial charge < -0.3 is 11.1 Å². The number of benzene rings is 1. The number of aromatic amines is 1. The van der Waals surface area contributed by atoms with Crippen LogP contribution in [0.4, 0.5) is 5.69 Å². The summed E-state index contributed by atoms with van der Waals surface area (Å²) in [5.41, 5.74) is 8.01. The van der Waals surface area contributed by atoms with Gasteiger partial charge in [-0.3, -0.25) is 9.89 Å². The van der Waals surface area contributed by atoms with E-state index >= 15 is 0 Å². The molecule has 1 aromatic carbocycles. The van der Waals surface area contributed by atoms with E-state index in [1.807, 2.05) is 0 Å². The van der Waals surface area contributed by atoms with Crippen LogP contribution in [0, 0.1) is 6.92 Å². The fraction of sp³-hybridized carbons (Fsp3) is 0.0833. The highest BCUT2D eigenvalue weighted by atomic mass is 79.9. The van der Waals surface area contributed by atoms with Gasteiger partial charge in [0.15, 0.2) is 0 Å². The normalized spacial score (nSPS) is 10.2. The number of nitrogens with one attached hydrogen (secondary N) is 2. The molecule has 19 heavy (non-hydrogen) atoms. The molecule has 98 valence electrons. The number of hydrogen-bond donors (Lipinski definition) is 3. The van der Waals surface area contributed by atoms with Crippen LogP contribution < -0.4 is 11.1 Å². The molecule has 0 aliphatic rings. The lowest BCUT2D eigenvalue weighted by molar-refractivity contribution is 0.102. The quantitative estimate of drug-likeness (QED) is 0.750. The number of hydrogen-bond acceptors (Lipinski definition) is 3. The van der Waals surface area contributed by atoms with Gasteiger partial charge in [0.2, 0.25) is 0 Å². The van der Waals surface area contributed by atoms with E-state index in [0.717, 1.165) is 4.47 Å². The Morgan fingerprint density at radius 2 is 2.21 bits per heavy atom. The van der Waals surface area contributed by atoms with Gasteiger partial charge in [0.05, 0.1) is 17.4 Å². The second-order valence-electron chi connectivity index (χ2n) is 3.92. The number of carbonyl (C=O) groups is 1. The molecule has 0 saturated heterocycles. The number of rotatable bonds is 3. The number of amides is 1. The summed E-state index contributed by atoms with van der Waals surface area (Å²) < 4.78 is 0.841. The minimum Gasteiger partial charge on any atom is -0.389 e. The van der Waals surface area contributed by atoms with Gasteiger partial charge in [0, 0.05) is 15.7 Å². The van der Waals surface area contributed by atoms with Gasteiger partial charge in [-0.15, -0.1) is 0 Å². The van der Waals surface area contributed by atoms with Gasteiger partial charge in [-0.05, 0) is 25.1 Å². The molecule has 5 nitrogen and oxygen atoms in total. The monoisotopic (exact) mass is 338 g/mol. The first kappa shape index (κ1) is 13.7. The van der Waals surface area contributed by atoms with Crippen LogP contribution in [0.25, 0.3) is 0 Å². The van der Waals surface area contributed by atoms with Gasteiger partial charge in [0.1, 0.15) is 4.99 Å². The Kier molecular flexibility index (Phi) is 3.96. The Morgan fingerprint density at radius 1 is 1.47 bits per heavy atom. The number of nitrogens with two attached hydrogens (primary N) is 1. The topological polar surface area (TPSA) is 83.8 Å². The van der Waals surface area contributed by atoms with Crippen LogP contribution in [-0.2, 0) is 0 Å². The van der Waals surface area contributed by atoms with Crippen LogP contribution in [0.3, 0.4) is 0 Å². The maximum absolute atomic E-state index is 12.1. The minimum absolute atomic E-state index is 0.223. The molecule has 2 aromatic rings. The standard InChI is InChI=1S/C12H11BrN4OS/c1-6-9(5-15-17-6)12(18)16-10-3-2-7(13)4-8(10)11(14)19/h2-5H,1H3,(H2,14,19)(H,15,17)(H,16,18). The number of H-pyrrole nitrogens is 1. The number of anilines is 1. The summed E-state index contributed by atoms with van der Waals surface area (Å²) in [5, 5.41) is 9.30. The summed E-state index contributed by atoms with van der Waals surface area (Å²) >= 11 is 8.31. The zero-order valence-corrected chi connectivity index (χ0v) is 12.4. The molecule has 0 unspecified atom stereocenters. The Labute approximate surface area is 123 Å². The maximum atomic E-state index is 12.1. The molecule has 0 saturated carbocycles. The fourth-order valence-electron chi connectivity index (χ4n) is 1.60. The highest BCUT2D eigenvalue weighted by molar-refractivity contribution is 9.10. The van der Waals surface area contributed by atoms with Gasteiger partial charge >= 0.3 is 0 Å². The largest absolute Gasteiger partial charge is 0.389 e. The van der Waals surface area contributed by atoms with Gasteiger partial charge in [-0.1, -0.05) is 28.1 Å². The van der Waals surface area contributed by atoms with Crippen molar-refractivity contribution in [1.29, 1.82) is 0 Å². The summed E-state index contributed by atoms with van der Waals surface area (Å²) in [5.74, 6) is -0.258. The van der Waals surface area contributed by atoms with Crippen molar-refractivity contribution in [3.8, 4) is 0 Å². The molecular formula is C12H11BrN4OS. The summed E-state index contributed by atoms with van der Waals surface area (Å²) in [4.78, 5) is 12.3. The van der Waals surface area contributed by atoms with Crippen molar-refractivity contribution in [2.24, 2.45) is 5.73 Å². The number of halogens is 1. The van der Waals surface area contributed by atoms with Crippen LogP contribution in [0.15, 0.2) is 28.9 Å². The van der Waals surface area contributed by atoms with Crippen molar-refractivity contribution in [1.82, 2.24) is 10.2 Å². The fourth-order valence-corrected chi connectivity index (χ4v) is 2.13. The second-order valence-corrected chi connectivity index (χ2v) is 5.27. The number of aryl methyl sites for hydroxylation is 1. The van der Waals surface area contributed by atoms with Crippen molar-refractivity contribution >= 4 is 44.7 Å². The number of aromatic nitrogens is 2. The van der Waals surface area contributed by atoms with E-state index in [2.05, 4.69) is 31.4 Å². The molecule has 1 heterocycles. The van der Waals surface area contributed by atoms with Crippen molar-refractivity contribution in [3.05, 3.63) is 45.7 Å². The Bertz CT molecular complexity index is 653. The van der Waals surface area contributed by atoms with Crippen LogP contribution >= 0.6 is 28.1 Å². The number of nitrogens with zero attached hydrogens (tertiary/aromatic N) is 1. The zero-order valence-electron chi connectivity index (χ0n) is 10.0. The lowest BCUT2D eigenvalue weighted by Crippen LogP contribution is -2.18. The third-order valence-electron chi connectivity index (χ3n) is 2.57. The van der Waals surface area contributed by atoms with Crippen LogP contribution in [0.5, 0.6) is 0 Å².